The molecule has 1 aromatic carbocycles. The molecule has 0 aliphatic heterocycles. The second-order valence-corrected chi connectivity index (χ2v) is 6.21. The largest absolute Gasteiger partial charge is 0.493 e. The maximum Gasteiger partial charge on any atom is 0.276 e. The van der Waals surface area contributed by atoms with Crippen LogP contribution < -0.4 is 14.2 Å². The Hall–Kier alpha value is -1.93. The summed E-state index contributed by atoms with van der Waals surface area (Å²) in [5.41, 5.74) is 0.720. The Bertz CT molecular complexity index is 649. The van der Waals surface area contributed by atoms with Crippen LogP contribution in [-0.4, -0.2) is 61.8 Å². The molecule has 25 heavy (non-hydrogen) atoms. The first-order chi connectivity index (χ1) is 12.2. The second-order valence-electron chi connectivity index (χ2n) is 5.16. The molecular formula is C17H25N3O4S. The van der Waals surface area contributed by atoms with Crippen molar-refractivity contribution in [1.82, 2.24) is 15.1 Å². The molecule has 0 aliphatic rings. The van der Waals surface area contributed by atoms with Crippen molar-refractivity contribution in [3.05, 3.63) is 12.1 Å². The summed E-state index contributed by atoms with van der Waals surface area (Å²) in [6, 6.07) is 3.58. The third kappa shape index (κ3) is 4.79. The summed E-state index contributed by atoms with van der Waals surface area (Å²) in [7, 11) is 4.71. The normalized spacial score (nSPS) is 11.0. The highest BCUT2D eigenvalue weighted by atomic mass is 32.2. The van der Waals surface area contributed by atoms with Crippen LogP contribution in [0.3, 0.4) is 0 Å². The SMILES string of the molecule is CCN(CC)CCSc1nnc(-c2cc(OC)c(OC)c(OC)c2)o1. The minimum absolute atomic E-state index is 0.421. The number of thioether (sulfide) groups is 1. The van der Waals surface area contributed by atoms with Crippen molar-refractivity contribution < 1.29 is 18.6 Å². The van der Waals surface area contributed by atoms with E-state index in [4.69, 9.17) is 18.6 Å². The quantitative estimate of drug-likeness (QED) is 0.593. The predicted molar refractivity (Wildman–Crippen MR) is 97.9 cm³/mol. The number of methoxy groups -OCH3 is 3. The summed E-state index contributed by atoms with van der Waals surface area (Å²) in [6.07, 6.45) is 0. The maximum absolute atomic E-state index is 5.76. The van der Waals surface area contributed by atoms with Crippen molar-refractivity contribution in [3.8, 4) is 28.7 Å². The molecule has 1 heterocycles. The average molecular weight is 367 g/mol. The van der Waals surface area contributed by atoms with E-state index in [1.165, 1.54) is 0 Å². The van der Waals surface area contributed by atoms with E-state index in [1.807, 2.05) is 0 Å². The molecular weight excluding hydrogens is 342 g/mol. The molecule has 0 N–H and O–H groups in total. The Morgan fingerprint density at radius 3 is 2.16 bits per heavy atom. The summed E-state index contributed by atoms with van der Waals surface area (Å²) in [6.45, 7) is 7.38. The van der Waals surface area contributed by atoms with E-state index < -0.39 is 0 Å². The average Bonchev–Trinajstić information content (AvgIpc) is 3.12. The van der Waals surface area contributed by atoms with Crippen LogP contribution in [0, 0.1) is 0 Å². The van der Waals surface area contributed by atoms with E-state index in [-0.39, 0.29) is 0 Å². The Kier molecular flexibility index (Phi) is 7.39. The van der Waals surface area contributed by atoms with Crippen molar-refractivity contribution in [3.63, 3.8) is 0 Å². The van der Waals surface area contributed by atoms with Gasteiger partial charge in [0.05, 0.1) is 21.3 Å². The van der Waals surface area contributed by atoms with Gasteiger partial charge in [0, 0.05) is 17.9 Å². The lowest BCUT2D eigenvalue weighted by atomic mass is 10.2. The van der Waals surface area contributed by atoms with E-state index in [0.29, 0.717) is 28.4 Å². The molecule has 0 unspecified atom stereocenters. The molecule has 0 aliphatic carbocycles. The summed E-state index contributed by atoms with van der Waals surface area (Å²) in [5, 5.41) is 8.79. The zero-order valence-electron chi connectivity index (χ0n) is 15.4. The molecule has 0 atom stereocenters. The van der Waals surface area contributed by atoms with E-state index in [0.717, 1.165) is 31.0 Å². The molecule has 0 fully saturated rings. The van der Waals surface area contributed by atoms with Crippen molar-refractivity contribution >= 4 is 11.8 Å². The number of nitrogens with zero attached hydrogens (tertiary/aromatic N) is 3. The fraction of sp³-hybridized carbons (Fsp3) is 0.529. The minimum Gasteiger partial charge on any atom is -0.493 e. The van der Waals surface area contributed by atoms with Gasteiger partial charge < -0.3 is 23.5 Å². The van der Waals surface area contributed by atoms with Gasteiger partial charge in [0.2, 0.25) is 11.6 Å². The van der Waals surface area contributed by atoms with E-state index in [9.17, 15) is 0 Å². The standard InChI is InChI=1S/C17H25N3O4S/c1-6-20(7-2)8-9-25-17-19-18-16(24-17)12-10-13(21-3)15(23-5)14(11-12)22-4/h10-11H,6-9H2,1-5H3. The van der Waals surface area contributed by atoms with Gasteiger partial charge in [-0.3, -0.25) is 0 Å². The number of hydrogen-bond donors (Lipinski definition) is 0. The molecule has 0 radical (unpaired) electrons. The first kappa shape index (κ1) is 19.4. The summed E-state index contributed by atoms with van der Waals surface area (Å²) in [5.74, 6) is 2.95. The number of ether oxygens (including phenoxy) is 3. The van der Waals surface area contributed by atoms with Crippen LogP contribution in [0.1, 0.15) is 13.8 Å². The smallest absolute Gasteiger partial charge is 0.276 e. The molecule has 0 bridgehead atoms. The summed E-state index contributed by atoms with van der Waals surface area (Å²) < 4.78 is 21.8. The molecule has 1 aromatic heterocycles. The Balaban J connectivity index is 2.13. The maximum atomic E-state index is 5.76. The predicted octanol–water partition coefficient (Wildman–Crippen LogP) is 3.20. The summed E-state index contributed by atoms with van der Waals surface area (Å²) in [4.78, 5) is 2.35. The molecule has 0 saturated heterocycles. The van der Waals surface area contributed by atoms with E-state index in [2.05, 4.69) is 28.9 Å². The van der Waals surface area contributed by atoms with E-state index in [1.54, 1.807) is 45.2 Å². The molecule has 0 spiro atoms. The highest BCUT2D eigenvalue weighted by Gasteiger charge is 2.17. The van der Waals surface area contributed by atoms with Crippen LogP contribution in [-0.2, 0) is 0 Å². The highest BCUT2D eigenvalue weighted by molar-refractivity contribution is 7.99. The summed E-state index contributed by atoms with van der Waals surface area (Å²) >= 11 is 1.55. The number of rotatable bonds is 10. The van der Waals surface area contributed by atoms with Gasteiger partial charge in [-0.05, 0) is 25.2 Å². The van der Waals surface area contributed by atoms with Gasteiger partial charge in [0.1, 0.15) is 0 Å². The van der Waals surface area contributed by atoms with Gasteiger partial charge in [-0.1, -0.05) is 25.6 Å². The van der Waals surface area contributed by atoms with Crippen molar-refractivity contribution in [2.45, 2.75) is 19.1 Å². The molecule has 0 amide bonds. The minimum atomic E-state index is 0.421. The third-order valence-corrected chi connectivity index (χ3v) is 4.64. The first-order valence-corrected chi connectivity index (χ1v) is 9.14. The van der Waals surface area contributed by atoms with Gasteiger partial charge in [-0.25, -0.2) is 0 Å². The van der Waals surface area contributed by atoms with Crippen LogP contribution >= 0.6 is 11.8 Å². The molecule has 7 nitrogen and oxygen atoms in total. The first-order valence-electron chi connectivity index (χ1n) is 8.15. The molecule has 2 aromatic rings. The molecule has 2 rings (SSSR count). The van der Waals surface area contributed by atoms with Gasteiger partial charge in [-0.2, -0.15) is 0 Å². The van der Waals surface area contributed by atoms with Crippen LogP contribution in [0.5, 0.6) is 17.2 Å². The Morgan fingerprint density at radius 1 is 1.00 bits per heavy atom. The van der Waals surface area contributed by atoms with Crippen molar-refractivity contribution in [1.29, 1.82) is 0 Å². The fourth-order valence-electron chi connectivity index (χ4n) is 2.39. The number of benzene rings is 1. The Labute approximate surface area is 152 Å². The molecule has 0 saturated carbocycles. The fourth-order valence-corrected chi connectivity index (χ4v) is 3.15. The lowest BCUT2D eigenvalue weighted by Gasteiger charge is -2.16. The van der Waals surface area contributed by atoms with E-state index >= 15 is 0 Å². The Morgan fingerprint density at radius 2 is 1.64 bits per heavy atom. The zero-order valence-corrected chi connectivity index (χ0v) is 16.2. The van der Waals surface area contributed by atoms with Gasteiger partial charge in [0.25, 0.3) is 5.22 Å². The number of aromatic nitrogens is 2. The number of hydrogen-bond acceptors (Lipinski definition) is 8. The van der Waals surface area contributed by atoms with Crippen LogP contribution in [0.2, 0.25) is 0 Å². The highest BCUT2D eigenvalue weighted by Crippen LogP contribution is 2.41. The second kappa shape index (κ2) is 9.53. The lowest BCUT2D eigenvalue weighted by Crippen LogP contribution is -2.25. The lowest BCUT2D eigenvalue weighted by molar-refractivity contribution is 0.323. The third-order valence-electron chi connectivity index (χ3n) is 3.85. The monoisotopic (exact) mass is 367 g/mol. The van der Waals surface area contributed by atoms with Crippen molar-refractivity contribution in [2.75, 3.05) is 46.7 Å². The van der Waals surface area contributed by atoms with Gasteiger partial charge >= 0.3 is 0 Å². The van der Waals surface area contributed by atoms with Gasteiger partial charge in [-0.15, -0.1) is 10.2 Å². The molecule has 138 valence electrons. The van der Waals surface area contributed by atoms with Crippen LogP contribution in [0.15, 0.2) is 21.8 Å². The zero-order chi connectivity index (χ0) is 18.2. The topological polar surface area (TPSA) is 69.9 Å². The van der Waals surface area contributed by atoms with Crippen LogP contribution in [0.25, 0.3) is 11.5 Å². The van der Waals surface area contributed by atoms with Crippen molar-refractivity contribution in [2.24, 2.45) is 0 Å². The molecule has 8 heteroatoms. The van der Waals surface area contributed by atoms with Gasteiger partial charge in [0.15, 0.2) is 11.5 Å². The van der Waals surface area contributed by atoms with Crippen LogP contribution in [0.4, 0.5) is 0 Å².